The quantitative estimate of drug-likeness (QED) is 0.505. The minimum atomic E-state index is 0.567. The zero-order chi connectivity index (χ0) is 18.1. The van der Waals surface area contributed by atoms with Gasteiger partial charge in [0.1, 0.15) is 5.75 Å². The van der Waals surface area contributed by atoms with E-state index in [-0.39, 0.29) is 0 Å². The molecule has 1 aromatic carbocycles. The molecule has 25 heavy (non-hydrogen) atoms. The fraction of sp³-hybridized carbons (Fsp3) is 0.650. The van der Waals surface area contributed by atoms with Crippen LogP contribution in [0.25, 0.3) is 0 Å². The molecule has 0 radical (unpaired) electrons. The molecule has 1 fully saturated rings. The molecule has 0 amide bonds. The van der Waals surface area contributed by atoms with Gasteiger partial charge in [0.15, 0.2) is 5.96 Å². The van der Waals surface area contributed by atoms with Crippen LogP contribution >= 0.6 is 0 Å². The van der Waals surface area contributed by atoms with E-state index in [9.17, 15) is 0 Å². The topological polar surface area (TPSA) is 48.9 Å². The lowest BCUT2D eigenvalue weighted by Gasteiger charge is -2.25. The Bertz CT molecular complexity index is 540. The van der Waals surface area contributed by atoms with Crippen LogP contribution in [0.2, 0.25) is 0 Å². The van der Waals surface area contributed by atoms with Crippen LogP contribution in [0.15, 0.2) is 29.3 Å². The van der Waals surface area contributed by atoms with Gasteiger partial charge in [0.05, 0.1) is 6.61 Å². The summed E-state index contributed by atoms with van der Waals surface area (Å²) in [6.45, 7) is 11.2. The second-order valence-electron chi connectivity index (χ2n) is 6.94. The lowest BCUT2D eigenvalue weighted by molar-refractivity contribution is 0.237. The minimum absolute atomic E-state index is 0.567. The third-order valence-electron chi connectivity index (χ3n) is 4.64. The van der Waals surface area contributed by atoms with Gasteiger partial charge in [-0.3, -0.25) is 9.89 Å². The number of nitrogens with zero attached hydrogens (tertiary/aromatic N) is 2. The zero-order valence-electron chi connectivity index (χ0n) is 16.2. The van der Waals surface area contributed by atoms with E-state index >= 15 is 0 Å². The number of guanidine groups is 1. The maximum Gasteiger partial charge on any atom is 0.191 e. The smallest absolute Gasteiger partial charge is 0.191 e. The highest BCUT2D eigenvalue weighted by molar-refractivity contribution is 5.79. The number of para-hydroxylation sites is 1. The third kappa shape index (κ3) is 6.94. The van der Waals surface area contributed by atoms with E-state index in [1.54, 1.807) is 0 Å². The standard InChI is InChI=1S/C20H34N4O/c1-5-24(16(2)3)13-12-22-20(21-4)23-14-18-8-6-7-9-19(18)25-15-17-10-11-17/h6-9,16-17H,5,10-15H2,1-4H3,(H2,21,22,23). The number of nitrogens with one attached hydrogen (secondary N) is 2. The first-order valence-electron chi connectivity index (χ1n) is 9.53. The number of ether oxygens (including phenoxy) is 1. The molecule has 1 saturated carbocycles. The fourth-order valence-corrected chi connectivity index (χ4v) is 2.78. The molecule has 0 aliphatic heterocycles. The normalized spacial score (nSPS) is 14.9. The first-order chi connectivity index (χ1) is 12.1. The van der Waals surface area contributed by atoms with E-state index in [4.69, 9.17) is 4.74 Å². The SMILES string of the molecule is CCN(CCNC(=NC)NCc1ccccc1OCC1CC1)C(C)C. The monoisotopic (exact) mass is 346 g/mol. The largest absolute Gasteiger partial charge is 0.493 e. The van der Waals surface area contributed by atoms with E-state index in [1.165, 1.54) is 18.4 Å². The van der Waals surface area contributed by atoms with Gasteiger partial charge in [-0.2, -0.15) is 0 Å². The van der Waals surface area contributed by atoms with E-state index in [0.29, 0.717) is 12.6 Å². The number of benzene rings is 1. The molecule has 1 aromatic rings. The van der Waals surface area contributed by atoms with Crippen molar-refractivity contribution in [1.29, 1.82) is 0 Å². The first kappa shape index (κ1) is 19.6. The van der Waals surface area contributed by atoms with E-state index in [1.807, 2.05) is 13.1 Å². The molecular weight excluding hydrogens is 312 g/mol. The molecule has 5 nitrogen and oxygen atoms in total. The van der Waals surface area contributed by atoms with E-state index < -0.39 is 0 Å². The number of rotatable bonds is 10. The van der Waals surface area contributed by atoms with Crippen molar-refractivity contribution in [3.8, 4) is 5.75 Å². The molecule has 140 valence electrons. The summed E-state index contributed by atoms with van der Waals surface area (Å²) in [6, 6.07) is 8.82. The average molecular weight is 347 g/mol. The summed E-state index contributed by atoms with van der Waals surface area (Å²) in [7, 11) is 1.81. The van der Waals surface area contributed by atoms with Gasteiger partial charge in [0.2, 0.25) is 0 Å². The Balaban J connectivity index is 1.78. The Morgan fingerprint density at radius 1 is 1.28 bits per heavy atom. The maximum absolute atomic E-state index is 5.97. The van der Waals surface area contributed by atoms with Gasteiger partial charge in [-0.1, -0.05) is 25.1 Å². The minimum Gasteiger partial charge on any atom is -0.493 e. The highest BCUT2D eigenvalue weighted by Crippen LogP contribution is 2.30. The Morgan fingerprint density at radius 2 is 2.04 bits per heavy atom. The molecule has 0 heterocycles. The van der Waals surface area contributed by atoms with Gasteiger partial charge in [-0.05, 0) is 45.2 Å². The van der Waals surface area contributed by atoms with Crippen LogP contribution in [-0.4, -0.2) is 50.2 Å². The lowest BCUT2D eigenvalue weighted by atomic mass is 10.2. The summed E-state index contributed by atoms with van der Waals surface area (Å²) in [5.41, 5.74) is 1.17. The predicted molar refractivity (Wildman–Crippen MR) is 105 cm³/mol. The van der Waals surface area contributed by atoms with Gasteiger partial charge >= 0.3 is 0 Å². The Hall–Kier alpha value is -1.75. The summed E-state index contributed by atoms with van der Waals surface area (Å²) in [6.07, 6.45) is 2.62. The second-order valence-corrected chi connectivity index (χ2v) is 6.94. The first-order valence-corrected chi connectivity index (χ1v) is 9.53. The third-order valence-corrected chi connectivity index (χ3v) is 4.64. The van der Waals surface area contributed by atoms with Crippen molar-refractivity contribution >= 4 is 5.96 Å². The van der Waals surface area contributed by atoms with Gasteiger partial charge in [0, 0.05) is 38.3 Å². The summed E-state index contributed by atoms with van der Waals surface area (Å²) in [5, 5.41) is 6.79. The molecule has 5 heteroatoms. The summed E-state index contributed by atoms with van der Waals surface area (Å²) in [5.74, 6) is 2.57. The van der Waals surface area contributed by atoms with Crippen LogP contribution in [0.4, 0.5) is 0 Å². The average Bonchev–Trinajstić information content (AvgIpc) is 3.44. The molecule has 0 unspecified atom stereocenters. The van der Waals surface area contributed by atoms with Gasteiger partial charge in [0.25, 0.3) is 0 Å². The number of hydrogen-bond acceptors (Lipinski definition) is 3. The van der Waals surface area contributed by atoms with Gasteiger partial charge < -0.3 is 15.4 Å². The molecule has 0 saturated heterocycles. The summed E-state index contributed by atoms with van der Waals surface area (Å²) < 4.78 is 5.97. The molecule has 1 aliphatic carbocycles. The van der Waals surface area contributed by atoms with Crippen molar-refractivity contribution in [3.05, 3.63) is 29.8 Å². The van der Waals surface area contributed by atoms with Crippen molar-refractivity contribution in [2.24, 2.45) is 10.9 Å². The van der Waals surface area contributed by atoms with Crippen molar-refractivity contribution in [1.82, 2.24) is 15.5 Å². The Labute approximate surface area is 152 Å². The van der Waals surface area contributed by atoms with Crippen LogP contribution in [-0.2, 0) is 6.54 Å². The van der Waals surface area contributed by atoms with Crippen molar-refractivity contribution < 1.29 is 4.74 Å². The molecular formula is C20H34N4O. The van der Waals surface area contributed by atoms with Gasteiger partial charge in [-0.15, -0.1) is 0 Å². The Kier molecular flexibility index (Phi) is 8.06. The maximum atomic E-state index is 5.97. The molecule has 2 N–H and O–H groups in total. The van der Waals surface area contributed by atoms with E-state index in [0.717, 1.165) is 43.9 Å². The predicted octanol–water partition coefficient (Wildman–Crippen LogP) is 2.87. The zero-order valence-corrected chi connectivity index (χ0v) is 16.2. The summed E-state index contributed by atoms with van der Waals surface area (Å²) >= 11 is 0. The van der Waals surface area contributed by atoms with Crippen molar-refractivity contribution in [2.75, 3.05) is 33.3 Å². The molecule has 0 aromatic heterocycles. The van der Waals surface area contributed by atoms with Crippen LogP contribution in [0.1, 0.15) is 39.2 Å². The Morgan fingerprint density at radius 3 is 2.68 bits per heavy atom. The van der Waals surface area contributed by atoms with Gasteiger partial charge in [-0.25, -0.2) is 0 Å². The molecule has 0 atom stereocenters. The number of hydrogen-bond donors (Lipinski definition) is 2. The lowest BCUT2D eigenvalue weighted by Crippen LogP contribution is -2.42. The van der Waals surface area contributed by atoms with Crippen molar-refractivity contribution in [3.63, 3.8) is 0 Å². The van der Waals surface area contributed by atoms with Crippen LogP contribution in [0.5, 0.6) is 5.75 Å². The highest BCUT2D eigenvalue weighted by Gasteiger charge is 2.22. The molecule has 0 bridgehead atoms. The second kappa shape index (κ2) is 10.3. The van der Waals surface area contributed by atoms with Crippen LogP contribution < -0.4 is 15.4 Å². The van der Waals surface area contributed by atoms with Crippen molar-refractivity contribution in [2.45, 2.75) is 46.2 Å². The molecule has 2 rings (SSSR count). The number of aliphatic imine (C=N–C) groups is 1. The number of likely N-dealkylation sites (N-methyl/N-ethyl adjacent to an activating group) is 1. The molecule has 0 spiro atoms. The fourth-order valence-electron chi connectivity index (χ4n) is 2.78. The molecule has 1 aliphatic rings. The van der Waals surface area contributed by atoms with Crippen LogP contribution in [0, 0.1) is 5.92 Å². The highest BCUT2D eigenvalue weighted by atomic mass is 16.5. The summed E-state index contributed by atoms with van der Waals surface area (Å²) in [4.78, 5) is 6.75. The van der Waals surface area contributed by atoms with E-state index in [2.05, 4.69) is 59.5 Å². The van der Waals surface area contributed by atoms with Crippen LogP contribution in [0.3, 0.4) is 0 Å².